The molecule has 2 N–H and O–H groups in total. The molecule has 1 atom stereocenters. The van der Waals surface area contributed by atoms with E-state index in [9.17, 15) is 0 Å². The van der Waals surface area contributed by atoms with Crippen molar-refractivity contribution >= 4 is 8.32 Å². The van der Waals surface area contributed by atoms with Crippen molar-refractivity contribution in [2.24, 2.45) is 0 Å². The van der Waals surface area contributed by atoms with Crippen molar-refractivity contribution in [1.82, 2.24) is 10.6 Å². The van der Waals surface area contributed by atoms with Crippen LogP contribution >= 0.6 is 0 Å². The van der Waals surface area contributed by atoms with E-state index in [0.717, 1.165) is 19.6 Å². The molecule has 3 nitrogen and oxygen atoms in total. The van der Waals surface area contributed by atoms with Crippen LogP contribution in [0.15, 0.2) is 0 Å². The number of hydrogen-bond donors (Lipinski definition) is 2. The van der Waals surface area contributed by atoms with Crippen LogP contribution in [0.5, 0.6) is 0 Å². The van der Waals surface area contributed by atoms with Gasteiger partial charge in [0.05, 0.1) is 0 Å². The second kappa shape index (κ2) is 4.95. The minimum absolute atomic E-state index is 0.202. The lowest BCUT2D eigenvalue weighted by Crippen LogP contribution is -2.50. The third kappa shape index (κ3) is 3.87. The summed E-state index contributed by atoms with van der Waals surface area (Å²) in [5.41, 5.74) is 0. The molecule has 0 aromatic heterocycles. The maximum atomic E-state index is 6.29. The van der Waals surface area contributed by atoms with E-state index in [4.69, 9.17) is 4.43 Å². The van der Waals surface area contributed by atoms with E-state index in [1.807, 2.05) is 0 Å². The largest absolute Gasteiger partial charge is 0.400 e. The predicted molar refractivity (Wildman–Crippen MR) is 67.6 cm³/mol. The quantitative estimate of drug-likeness (QED) is 0.711. The van der Waals surface area contributed by atoms with Gasteiger partial charge in [-0.2, -0.15) is 0 Å². The van der Waals surface area contributed by atoms with Crippen molar-refractivity contribution in [1.29, 1.82) is 0 Å². The lowest BCUT2D eigenvalue weighted by Gasteiger charge is -2.39. The van der Waals surface area contributed by atoms with Gasteiger partial charge in [-0.15, -0.1) is 0 Å². The van der Waals surface area contributed by atoms with Crippen LogP contribution in [0.1, 0.15) is 27.2 Å². The molecule has 0 aliphatic carbocycles. The highest BCUT2D eigenvalue weighted by Crippen LogP contribution is 2.37. The minimum Gasteiger partial charge on any atom is -0.400 e. The van der Waals surface area contributed by atoms with Gasteiger partial charge >= 0.3 is 0 Å². The molecular weight excluding hydrogens is 204 g/mol. The molecule has 0 spiro atoms. The molecule has 4 heteroatoms. The van der Waals surface area contributed by atoms with Crippen molar-refractivity contribution in [2.45, 2.75) is 51.6 Å². The number of rotatable bonds is 2. The van der Waals surface area contributed by atoms with Crippen LogP contribution in [0.4, 0.5) is 0 Å². The summed E-state index contributed by atoms with van der Waals surface area (Å²) in [6, 6.07) is 0. The molecule has 1 rings (SSSR count). The molecule has 1 aliphatic heterocycles. The Bertz CT molecular complexity index is 193. The molecule has 1 saturated heterocycles. The Balaban J connectivity index is 2.51. The zero-order chi connectivity index (χ0) is 11.5. The van der Waals surface area contributed by atoms with Gasteiger partial charge in [0.15, 0.2) is 8.32 Å². The molecule has 1 unspecified atom stereocenters. The summed E-state index contributed by atoms with van der Waals surface area (Å²) in [4.78, 5) is 0. The first-order chi connectivity index (χ1) is 6.83. The summed E-state index contributed by atoms with van der Waals surface area (Å²) in [6.07, 6.45) is 1.39. The first kappa shape index (κ1) is 13.2. The van der Waals surface area contributed by atoms with Gasteiger partial charge in [0.2, 0.25) is 0 Å². The molecule has 0 aromatic rings. The molecule has 90 valence electrons. The van der Waals surface area contributed by atoms with Crippen LogP contribution in [0.25, 0.3) is 0 Å². The maximum Gasteiger partial charge on any atom is 0.194 e. The van der Waals surface area contributed by atoms with E-state index in [-0.39, 0.29) is 6.23 Å². The van der Waals surface area contributed by atoms with Gasteiger partial charge in [0, 0.05) is 6.54 Å². The Kier molecular flexibility index (Phi) is 4.35. The molecule has 0 aromatic carbocycles. The first-order valence-corrected chi connectivity index (χ1v) is 8.86. The summed E-state index contributed by atoms with van der Waals surface area (Å²) >= 11 is 0. The van der Waals surface area contributed by atoms with Crippen LogP contribution in [0, 0.1) is 0 Å². The van der Waals surface area contributed by atoms with E-state index in [2.05, 4.69) is 44.5 Å². The molecule has 1 heterocycles. The Morgan fingerprint density at radius 3 is 2.47 bits per heavy atom. The SMILES string of the molecule is CC(C)(C)[Si](C)(C)OC1CNCCCN1. The average Bonchev–Trinajstić information content (AvgIpc) is 2.30. The summed E-state index contributed by atoms with van der Waals surface area (Å²) in [5, 5.41) is 7.16. The minimum atomic E-state index is -1.62. The molecule has 1 fully saturated rings. The van der Waals surface area contributed by atoms with Gasteiger partial charge < -0.3 is 9.74 Å². The highest BCUT2D eigenvalue weighted by Gasteiger charge is 2.39. The third-order valence-corrected chi connectivity index (χ3v) is 7.96. The Morgan fingerprint density at radius 2 is 1.87 bits per heavy atom. The third-order valence-electron chi connectivity index (χ3n) is 3.48. The smallest absolute Gasteiger partial charge is 0.194 e. The van der Waals surface area contributed by atoms with E-state index in [0.29, 0.717) is 5.04 Å². The highest BCUT2D eigenvalue weighted by atomic mass is 28.4. The van der Waals surface area contributed by atoms with Gasteiger partial charge in [-0.3, -0.25) is 5.32 Å². The van der Waals surface area contributed by atoms with Gasteiger partial charge in [-0.25, -0.2) is 0 Å². The maximum absolute atomic E-state index is 6.29. The second-order valence-corrected chi connectivity index (χ2v) is 10.6. The van der Waals surface area contributed by atoms with Crippen LogP contribution in [0.3, 0.4) is 0 Å². The molecule has 0 saturated carbocycles. The average molecular weight is 230 g/mol. The molecular formula is C11H26N2OSi. The molecule has 0 radical (unpaired) electrons. The van der Waals surface area contributed by atoms with E-state index in [1.165, 1.54) is 6.42 Å². The fourth-order valence-electron chi connectivity index (χ4n) is 1.40. The van der Waals surface area contributed by atoms with Crippen molar-refractivity contribution in [2.75, 3.05) is 19.6 Å². The lowest BCUT2D eigenvalue weighted by atomic mass is 10.2. The van der Waals surface area contributed by atoms with Gasteiger partial charge in [0.25, 0.3) is 0 Å². The van der Waals surface area contributed by atoms with Crippen LogP contribution in [0.2, 0.25) is 18.1 Å². The standard InChI is InChI=1S/C11H26N2OSi/c1-11(2,3)15(4,5)14-10-9-12-7-6-8-13-10/h10,12-13H,6-9H2,1-5H3. The summed E-state index contributed by atoms with van der Waals surface area (Å²) < 4.78 is 6.29. The monoisotopic (exact) mass is 230 g/mol. The van der Waals surface area contributed by atoms with Crippen LogP contribution < -0.4 is 10.6 Å². The van der Waals surface area contributed by atoms with Crippen LogP contribution in [-0.2, 0) is 4.43 Å². The van der Waals surface area contributed by atoms with Crippen LogP contribution in [-0.4, -0.2) is 34.2 Å². The fraction of sp³-hybridized carbons (Fsp3) is 1.00. The van der Waals surface area contributed by atoms with Crippen molar-refractivity contribution < 1.29 is 4.43 Å². The lowest BCUT2D eigenvalue weighted by molar-refractivity contribution is 0.152. The summed E-state index contributed by atoms with van der Waals surface area (Å²) in [6.45, 7) is 14.6. The number of nitrogens with one attached hydrogen (secondary N) is 2. The van der Waals surface area contributed by atoms with Gasteiger partial charge in [-0.05, 0) is 37.6 Å². The number of hydrogen-bond acceptors (Lipinski definition) is 3. The summed E-state index contributed by atoms with van der Waals surface area (Å²) in [5.74, 6) is 0. The highest BCUT2D eigenvalue weighted by molar-refractivity contribution is 6.74. The van der Waals surface area contributed by atoms with Crippen molar-refractivity contribution in [3.8, 4) is 0 Å². The molecule has 15 heavy (non-hydrogen) atoms. The van der Waals surface area contributed by atoms with Gasteiger partial charge in [-0.1, -0.05) is 20.8 Å². The zero-order valence-electron chi connectivity index (χ0n) is 10.8. The normalized spacial score (nSPS) is 25.0. The van der Waals surface area contributed by atoms with Crippen molar-refractivity contribution in [3.05, 3.63) is 0 Å². The van der Waals surface area contributed by atoms with E-state index in [1.54, 1.807) is 0 Å². The zero-order valence-corrected chi connectivity index (χ0v) is 11.8. The predicted octanol–water partition coefficient (Wildman–Crippen LogP) is 1.92. The molecule has 0 bridgehead atoms. The first-order valence-electron chi connectivity index (χ1n) is 5.95. The van der Waals surface area contributed by atoms with Crippen molar-refractivity contribution in [3.63, 3.8) is 0 Å². The van der Waals surface area contributed by atoms with E-state index >= 15 is 0 Å². The molecule has 1 aliphatic rings. The summed E-state index contributed by atoms with van der Waals surface area (Å²) in [7, 11) is -1.62. The Labute approximate surface area is 95.1 Å². The Hall–Kier alpha value is 0.0969. The molecule has 0 amide bonds. The second-order valence-electron chi connectivity index (χ2n) is 5.88. The topological polar surface area (TPSA) is 33.3 Å². The van der Waals surface area contributed by atoms with E-state index < -0.39 is 8.32 Å². The fourth-order valence-corrected chi connectivity index (χ4v) is 2.63. The van der Waals surface area contributed by atoms with Gasteiger partial charge in [0.1, 0.15) is 6.23 Å². The Morgan fingerprint density at radius 1 is 1.20 bits per heavy atom.